The van der Waals surface area contributed by atoms with Crippen LogP contribution < -0.4 is 0 Å². The number of carbonyl (C=O) groups excluding carboxylic acids is 1. The van der Waals surface area contributed by atoms with E-state index in [-0.39, 0.29) is 22.4 Å². The van der Waals surface area contributed by atoms with Crippen molar-refractivity contribution in [3.8, 4) is 0 Å². The summed E-state index contributed by atoms with van der Waals surface area (Å²) in [6.07, 6.45) is -4.40. The number of alkyl halides is 3. The van der Waals surface area contributed by atoms with Gasteiger partial charge in [0.25, 0.3) is 5.60 Å². The first-order valence-corrected chi connectivity index (χ1v) is 9.40. The van der Waals surface area contributed by atoms with Gasteiger partial charge in [0.1, 0.15) is 11.1 Å². The van der Waals surface area contributed by atoms with Crippen molar-refractivity contribution in [2.45, 2.75) is 18.2 Å². The highest BCUT2D eigenvalue weighted by atomic mass is 35.5. The molecule has 5 nitrogen and oxygen atoms in total. The van der Waals surface area contributed by atoms with Gasteiger partial charge in [0.05, 0.1) is 29.1 Å². The molecule has 1 aliphatic heterocycles. The van der Waals surface area contributed by atoms with Crippen molar-refractivity contribution in [1.82, 2.24) is 0 Å². The van der Waals surface area contributed by atoms with Gasteiger partial charge in [-0.25, -0.2) is 9.18 Å². The van der Waals surface area contributed by atoms with Crippen LogP contribution in [-0.4, -0.2) is 25.0 Å². The van der Waals surface area contributed by atoms with E-state index in [1.807, 2.05) is 0 Å². The maximum Gasteiger partial charge on any atom is 0.435 e. The number of methoxy groups -OCH3 is 1. The van der Waals surface area contributed by atoms with E-state index in [0.717, 1.165) is 12.1 Å². The topological polar surface area (TPSA) is 61.0 Å². The fourth-order valence-corrected chi connectivity index (χ4v) is 3.91. The molecule has 1 unspecified atom stereocenters. The Morgan fingerprint density at radius 1 is 1.19 bits per heavy atom. The van der Waals surface area contributed by atoms with Gasteiger partial charge < -0.3 is 14.0 Å². The number of fused-ring (bicyclic) bond motifs is 1. The molecule has 3 aromatic rings. The number of esters is 1. The van der Waals surface area contributed by atoms with E-state index in [2.05, 4.69) is 9.89 Å². The number of hydrogen-bond donors (Lipinski definition) is 0. The van der Waals surface area contributed by atoms with Crippen molar-refractivity contribution < 1.29 is 36.3 Å². The molecule has 0 fully saturated rings. The number of nitrogens with zero attached hydrogens (tertiary/aromatic N) is 1. The Bertz CT molecular complexity index is 1210. The van der Waals surface area contributed by atoms with E-state index in [1.54, 1.807) is 0 Å². The molecule has 2 aromatic carbocycles. The Hall–Kier alpha value is -2.78. The molecule has 0 amide bonds. The van der Waals surface area contributed by atoms with Crippen molar-refractivity contribution in [2.75, 3.05) is 7.11 Å². The molecule has 2 heterocycles. The highest BCUT2D eigenvalue weighted by molar-refractivity contribution is 6.35. The lowest BCUT2D eigenvalue weighted by Gasteiger charge is -2.29. The molecule has 0 N–H and O–H groups in total. The van der Waals surface area contributed by atoms with Gasteiger partial charge in [0.2, 0.25) is 0 Å². The first-order valence-electron chi connectivity index (χ1n) is 8.65. The fraction of sp³-hybridized carbons (Fsp3) is 0.200. The molecule has 0 bridgehead atoms. The van der Waals surface area contributed by atoms with Gasteiger partial charge >= 0.3 is 12.1 Å². The molecule has 31 heavy (non-hydrogen) atoms. The maximum atomic E-state index is 14.2. The second-order valence-electron chi connectivity index (χ2n) is 6.70. The van der Waals surface area contributed by atoms with Crippen LogP contribution in [0.2, 0.25) is 10.0 Å². The minimum Gasteiger partial charge on any atom is -0.465 e. The molecule has 1 aromatic heterocycles. The third-order valence-corrected chi connectivity index (χ3v) is 5.52. The Morgan fingerprint density at radius 2 is 1.87 bits per heavy atom. The molecular weight excluding hydrogens is 465 g/mol. The van der Waals surface area contributed by atoms with E-state index < -0.39 is 45.6 Å². The first-order chi connectivity index (χ1) is 14.6. The van der Waals surface area contributed by atoms with Crippen molar-refractivity contribution in [1.29, 1.82) is 0 Å². The van der Waals surface area contributed by atoms with Crippen LogP contribution in [0.1, 0.15) is 27.9 Å². The van der Waals surface area contributed by atoms with Crippen LogP contribution in [0, 0.1) is 5.82 Å². The summed E-state index contributed by atoms with van der Waals surface area (Å²) < 4.78 is 66.3. The normalized spacial score (nSPS) is 18.7. The lowest BCUT2D eigenvalue weighted by Crippen LogP contribution is -2.42. The van der Waals surface area contributed by atoms with Crippen LogP contribution in [-0.2, 0) is 15.2 Å². The predicted octanol–water partition coefficient (Wildman–Crippen LogP) is 6.25. The largest absolute Gasteiger partial charge is 0.465 e. The molecule has 11 heteroatoms. The van der Waals surface area contributed by atoms with Crippen molar-refractivity contribution in [3.63, 3.8) is 0 Å². The predicted molar refractivity (Wildman–Crippen MR) is 104 cm³/mol. The smallest absolute Gasteiger partial charge is 0.435 e. The van der Waals surface area contributed by atoms with E-state index in [0.29, 0.717) is 5.39 Å². The number of halogens is 6. The first kappa shape index (κ1) is 21.5. The van der Waals surface area contributed by atoms with Crippen molar-refractivity contribution >= 4 is 45.9 Å². The minimum absolute atomic E-state index is 0.0586. The number of rotatable bonds is 3. The molecule has 1 atom stereocenters. The van der Waals surface area contributed by atoms with Gasteiger partial charge in [0.15, 0.2) is 5.82 Å². The quantitative estimate of drug-likeness (QED) is 0.255. The number of furan rings is 1. The average molecular weight is 476 g/mol. The van der Waals surface area contributed by atoms with Crippen molar-refractivity contribution in [2.24, 2.45) is 5.16 Å². The molecule has 0 saturated heterocycles. The monoisotopic (exact) mass is 475 g/mol. The second-order valence-corrected chi connectivity index (χ2v) is 7.51. The summed E-state index contributed by atoms with van der Waals surface area (Å²) >= 11 is 11.4. The number of oxime groups is 1. The summed E-state index contributed by atoms with van der Waals surface area (Å²) in [5, 5.41) is 2.85. The molecule has 162 valence electrons. The van der Waals surface area contributed by atoms with Crippen LogP contribution in [0.25, 0.3) is 11.0 Å². The number of ether oxygens (including phenoxy) is 1. The second kappa shape index (κ2) is 7.42. The van der Waals surface area contributed by atoms with Gasteiger partial charge in [-0.05, 0) is 24.3 Å². The zero-order valence-electron chi connectivity index (χ0n) is 15.5. The third kappa shape index (κ3) is 3.32. The zero-order valence-corrected chi connectivity index (χ0v) is 17.0. The van der Waals surface area contributed by atoms with E-state index in [1.165, 1.54) is 31.6 Å². The van der Waals surface area contributed by atoms with Crippen LogP contribution in [0.15, 0.2) is 46.2 Å². The molecule has 0 saturated carbocycles. The summed E-state index contributed by atoms with van der Waals surface area (Å²) in [6, 6.07) is 5.88. The van der Waals surface area contributed by atoms with Gasteiger partial charge in [-0.1, -0.05) is 34.4 Å². The van der Waals surface area contributed by atoms with Crippen LogP contribution >= 0.6 is 23.2 Å². The lowest BCUT2D eigenvalue weighted by molar-refractivity contribution is -0.275. The molecular formula is C20H11Cl2F4NO4. The highest BCUT2D eigenvalue weighted by Gasteiger charge is 2.62. The lowest BCUT2D eigenvalue weighted by atomic mass is 9.86. The number of benzene rings is 2. The van der Waals surface area contributed by atoms with Gasteiger partial charge in [-0.2, -0.15) is 13.2 Å². The van der Waals surface area contributed by atoms with Gasteiger partial charge in [0, 0.05) is 22.9 Å². The zero-order chi connectivity index (χ0) is 22.6. The fourth-order valence-electron chi connectivity index (χ4n) is 3.42. The van der Waals surface area contributed by atoms with E-state index in [4.69, 9.17) is 32.5 Å². The maximum absolute atomic E-state index is 14.2. The van der Waals surface area contributed by atoms with E-state index in [9.17, 15) is 22.4 Å². The Morgan fingerprint density at radius 3 is 2.48 bits per heavy atom. The standard InChI is InChI=1S/C20H11Cl2F4NO4/c1-29-18(28)12-3-2-10(11-4-5-30-17(11)12)15-8-19(31-27-15,20(24,25)26)9-6-13(21)16(23)14(22)7-9/h2-7H,8H2,1H3. The van der Waals surface area contributed by atoms with E-state index >= 15 is 0 Å². The molecule has 4 rings (SSSR count). The minimum atomic E-state index is -4.94. The summed E-state index contributed by atoms with van der Waals surface area (Å²) in [5.74, 6) is -1.71. The Labute approximate surface area is 182 Å². The van der Waals surface area contributed by atoms with Crippen LogP contribution in [0.3, 0.4) is 0 Å². The third-order valence-electron chi connectivity index (χ3n) is 4.97. The summed E-state index contributed by atoms with van der Waals surface area (Å²) in [6.45, 7) is 0. The SMILES string of the molecule is COC(=O)c1ccc(C2=NOC(c3cc(Cl)c(F)c(Cl)c3)(C(F)(F)F)C2)c2ccoc12. The summed E-state index contributed by atoms with van der Waals surface area (Å²) in [7, 11) is 1.19. The van der Waals surface area contributed by atoms with Crippen LogP contribution in [0.4, 0.5) is 17.6 Å². The highest BCUT2D eigenvalue weighted by Crippen LogP contribution is 2.50. The number of hydrogen-bond acceptors (Lipinski definition) is 5. The molecule has 1 aliphatic rings. The van der Waals surface area contributed by atoms with Crippen molar-refractivity contribution in [3.05, 3.63) is 69.1 Å². The summed E-state index contributed by atoms with van der Waals surface area (Å²) in [5.41, 5.74) is -2.99. The van der Waals surface area contributed by atoms with Crippen LogP contribution in [0.5, 0.6) is 0 Å². The van der Waals surface area contributed by atoms with Gasteiger partial charge in [-0.15, -0.1) is 0 Å². The van der Waals surface area contributed by atoms with Gasteiger partial charge in [-0.3, -0.25) is 0 Å². The molecule has 0 radical (unpaired) electrons. The Kier molecular flexibility index (Phi) is 5.13. The Balaban J connectivity index is 1.81. The molecule has 0 aliphatic carbocycles. The number of carbonyl (C=O) groups is 1. The summed E-state index contributed by atoms with van der Waals surface area (Å²) in [4.78, 5) is 16.9. The average Bonchev–Trinajstić information content (AvgIpc) is 3.38. The molecule has 0 spiro atoms.